The number of primary amides is 1. The maximum atomic E-state index is 13.0. The van der Waals surface area contributed by atoms with Crippen LogP contribution in [0.2, 0.25) is 0 Å². The first-order chi connectivity index (χ1) is 16.0. The predicted molar refractivity (Wildman–Crippen MR) is 119 cm³/mol. The Labute approximate surface area is 196 Å². The molecule has 5 unspecified atom stereocenters. The number of rotatable bonds is 15. The second kappa shape index (κ2) is 13.9. The Morgan fingerprint density at radius 3 is 2.24 bits per heavy atom. The Morgan fingerprint density at radius 2 is 1.74 bits per heavy atom. The van der Waals surface area contributed by atoms with Gasteiger partial charge in [-0.05, 0) is 12.3 Å². The molecule has 14 heteroatoms. The molecule has 1 rings (SSSR count). The Hall–Kier alpha value is -3.52. The number of hydrogen-bond acceptors (Lipinski definition) is 8. The van der Waals surface area contributed by atoms with E-state index in [0.29, 0.717) is 12.1 Å². The molecule has 34 heavy (non-hydrogen) atoms. The van der Waals surface area contributed by atoms with Gasteiger partial charge in [-0.1, -0.05) is 20.3 Å². The fraction of sp³-hybridized carbons (Fsp3) is 0.600. The van der Waals surface area contributed by atoms with Crippen molar-refractivity contribution in [3.8, 4) is 0 Å². The number of carboxylic acid groups (broad SMARTS) is 1. The number of carboxylic acids is 1. The molecule has 14 nitrogen and oxygen atoms in total. The summed E-state index contributed by atoms with van der Waals surface area (Å²) in [5.41, 5.74) is 11.7. The third-order valence-corrected chi connectivity index (χ3v) is 5.23. The maximum Gasteiger partial charge on any atom is 0.328 e. The van der Waals surface area contributed by atoms with E-state index in [1.165, 1.54) is 12.5 Å². The molecule has 0 fully saturated rings. The summed E-state index contributed by atoms with van der Waals surface area (Å²) in [6.07, 6.45) is 3.12. The molecule has 0 spiro atoms. The van der Waals surface area contributed by atoms with Crippen molar-refractivity contribution in [3.05, 3.63) is 18.2 Å². The number of aromatic amines is 1. The molecule has 1 heterocycles. The van der Waals surface area contributed by atoms with Gasteiger partial charge in [0.05, 0.1) is 19.0 Å². The lowest BCUT2D eigenvalue weighted by Gasteiger charge is -2.27. The van der Waals surface area contributed by atoms with Crippen molar-refractivity contribution < 1.29 is 34.2 Å². The molecule has 4 amide bonds. The van der Waals surface area contributed by atoms with Crippen LogP contribution in [-0.4, -0.2) is 80.6 Å². The molecule has 1 aromatic rings. The molecular weight excluding hydrogens is 450 g/mol. The summed E-state index contributed by atoms with van der Waals surface area (Å²) in [5.74, 6) is -4.82. The van der Waals surface area contributed by atoms with E-state index in [1.54, 1.807) is 13.8 Å². The van der Waals surface area contributed by atoms with Gasteiger partial charge in [0, 0.05) is 24.7 Å². The smallest absolute Gasteiger partial charge is 0.328 e. The summed E-state index contributed by atoms with van der Waals surface area (Å²) in [4.78, 5) is 67.2. The fourth-order valence-electron chi connectivity index (χ4n) is 2.96. The van der Waals surface area contributed by atoms with Crippen LogP contribution >= 0.6 is 0 Å². The van der Waals surface area contributed by atoms with Crippen LogP contribution in [0, 0.1) is 5.92 Å². The van der Waals surface area contributed by atoms with E-state index in [4.69, 9.17) is 21.7 Å². The van der Waals surface area contributed by atoms with Crippen molar-refractivity contribution in [2.24, 2.45) is 17.4 Å². The zero-order chi connectivity index (χ0) is 25.8. The number of H-pyrrole nitrogens is 1. The van der Waals surface area contributed by atoms with Crippen molar-refractivity contribution in [2.75, 3.05) is 6.61 Å². The van der Waals surface area contributed by atoms with Crippen molar-refractivity contribution in [2.45, 2.75) is 63.7 Å². The van der Waals surface area contributed by atoms with Gasteiger partial charge in [-0.2, -0.15) is 0 Å². The molecule has 0 bridgehead atoms. The first-order valence-corrected chi connectivity index (χ1v) is 10.8. The van der Waals surface area contributed by atoms with Crippen molar-refractivity contribution in [1.82, 2.24) is 25.9 Å². The van der Waals surface area contributed by atoms with Crippen LogP contribution in [-0.2, 0) is 30.4 Å². The molecule has 190 valence electrons. The second-order valence-corrected chi connectivity index (χ2v) is 7.91. The molecule has 1 aromatic heterocycles. The lowest BCUT2D eigenvalue weighted by molar-refractivity contribution is -0.143. The van der Waals surface area contributed by atoms with Crippen LogP contribution in [0.25, 0.3) is 0 Å². The van der Waals surface area contributed by atoms with E-state index in [-0.39, 0.29) is 25.2 Å². The van der Waals surface area contributed by atoms with E-state index in [1.807, 2.05) is 0 Å². The second-order valence-electron chi connectivity index (χ2n) is 7.91. The Balaban J connectivity index is 2.96. The molecule has 10 N–H and O–H groups in total. The Kier molecular flexibility index (Phi) is 11.7. The Morgan fingerprint density at radius 1 is 1.09 bits per heavy atom. The van der Waals surface area contributed by atoms with Gasteiger partial charge in [0.25, 0.3) is 0 Å². The number of nitrogens with zero attached hydrogens (tertiary/aromatic N) is 1. The van der Waals surface area contributed by atoms with E-state index in [0.717, 1.165) is 0 Å². The highest BCUT2D eigenvalue weighted by atomic mass is 16.4. The number of aromatic nitrogens is 2. The van der Waals surface area contributed by atoms with E-state index in [9.17, 15) is 24.0 Å². The quantitative estimate of drug-likeness (QED) is 0.127. The first kappa shape index (κ1) is 28.5. The maximum absolute atomic E-state index is 13.0. The number of amides is 4. The average molecular weight is 484 g/mol. The number of nitrogens with two attached hydrogens (primary N) is 2. The van der Waals surface area contributed by atoms with E-state index in [2.05, 4.69) is 25.9 Å². The number of hydrogen-bond donors (Lipinski definition) is 8. The minimum absolute atomic E-state index is 0.155. The summed E-state index contributed by atoms with van der Waals surface area (Å²) in [5, 5.41) is 25.3. The molecule has 0 aliphatic carbocycles. The largest absolute Gasteiger partial charge is 0.480 e. The van der Waals surface area contributed by atoms with Crippen LogP contribution in [0.4, 0.5) is 0 Å². The lowest BCUT2D eigenvalue weighted by Crippen LogP contribution is -2.59. The molecule has 0 saturated carbocycles. The third-order valence-electron chi connectivity index (χ3n) is 5.23. The number of aliphatic hydroxyl groups excluding tert-OH is 1. The highest BCUT2D eigenvalue weighted by Gasteiger charge is 2.32. The zero-order valence-corrected chi connectivity index (χ0v) is 19.1. The minimum atomic E-state index is -1.61. The molecule has 0 aliphatic heterocycles. The summed E-state index contributed by atoms with van der Waals surface area (Å²) < 4.78 is 0. The highest BCUT2D eigenvalue weighted by Crippen LogP contribution is 2.10. The van der Waals surface area contributed by atoms with Gasteiger partial charge < -0.3 is 42.6 Å². The van der Waals surface area contributed by atoms with E-state index < -0.39 is 60.4 Å². The monoisotopic (exact) mass is 483 g/mol. The van der Waals surface area contributed by atoms with Gasteiger partial charge in [0.1, 0.15) is 18.1 Å². The Bertz CT molecular complexity index is 846. The number of nitrogens with one attached hydrogen (secondary N) is 4. The highest BCUT2D eigenvalue weighted by molar-refractivity contribution is 5.94. The summed E-state index contributed by atoms with van der Waals surface area (Å²) in [6, 6.07) is -4.99. The molecule has 0 radical (unpaired) electrons. The normalized spacial score (nSPS) is 15.3. The van der Waals surface area contributed by atoms with Gasteiger partial charge in [-0.3, -0.25) is 19.2 Å². The third kappa shape index (κ3) is 9.15. The first-order valence-electron chi connectivity index (χ1n) is 10.8. The molecule has 0 aliphatic rings. The summed E-state index contributed by atoms with van der Waals surface area (Å²) in [6.45, 7) is 2.64. The van der Waals surface area contributed by atoms with Crippen LogP contribution in [0.15, 0.2) is 12.5 Å². The van der Waals surface area contributed by atoms with Crippen LogP contribution < -0.4 is 27.4 Å². The van der Waals surface area contributed by atoms with Gasteiger partial charge in [-0.25, -0.2) is 9.78 Å². The van der Waals surface area contributed by atoms with Gasteiger partial charge in [0.2, 0.25) is 23.6 Å². The van der Waals surface area contributed by atoms with Gasteiger partial charge in [-0.15, -0.1) is 0 Å². The standard InChI is InChI=1S/C20H33N7O7/c1-3-10(2)16(27-17(30)12(21)6-11-7-23-9-24-11)19(32)25-13(4-5-15(22)29)18(31)26-14(8-28)20(33)34/h7,9-10,12-14,16,28H,3-6,8,21H2,1-2H3,(H2,22,29)(H,23,24)(H,25,32)(H,26,31)(H,27,30)(H,33,34). The number of carbonyl (C=O) groups excluding carboxylic acids is 4. The fourth-order valence-corrected chi connectivity index (χ4v) is 2.96. The molecule has 5 atom stereocenters. The topological polar surface area (TPSA) is 243 Å². The zero-order valence-electron chi connectivity index (χ0n) is 19.1. The lowest BCUT2D eigenvalue weighted by atomic mass is 9.97. The minimum Gasteiger partial charge on any atom is -0.480 e. The van der Waals surface area contributed by atoms with Crippen LogP contribution in [0.1, 0.15) is 38.8 Å². The van der Waals surface area contributed by atoms with Crippen molar-refractivity contribution >= 4 is 29.6 Å². The number of imidazole rings is 1. The van der Waals surface area contributed by atoms with E-state index >= 15 is 0 Å². The molecular formula is C20H33N7O7. The van der Waals surface area contributed by atoms with Gasteiger partial charge >= 0.3 is 5.97 Å². The SMILES string of the molecule is CCC(C)C(NC(=O)C(N)Cc1cnc[nH]1)C(=O)NC(CCC(N)=O)C(=O)NC(CO)C(=O)O. The average Bonchev–Trinajstić information content (AvgIpc) is 3.29. The summed E-state index contributed by atoms with van der Waals surface area (Å²) >= 11 is 0. The number of carbonyl (C=O) groups is 5. The molecule has 0 saturated heterocycles. The number of aliphatic hydroxyl groups is 1. The number of aliphatic carboxylic acids is 1. The van der Waals surface area contributed by atoms with Crippen LogP contribution in [0.5, 0.6) is 0 Å². The summed E-state index contributed by atoms with van der Waals surface area (Å²) in [7, 11) is 0. The van der Waals surface area contributed by atoms with Crippen molar-refractivity contribution in [3.63, 3.8) is 0 Å². The predicted octanol–water partition coefficient (Wildman–Crippen LogP) is -2.88. The van der Waals surface area contributed by atoms with Gasteiger partial charge in [0.15, 0.2) is 0 Å². The molecule has 0 aromatic carbocycles. The van der Waals surface area contributed by atoms with Crippen LogP contribution in [0.3, 0.4) is 0 Å². The van der Waals surface area contributed by atoms with Crippen molar-refractivity contribution in [1.29, 1.82) is 0 Å².